The summed E-state index contributed by atoms with van der Waals surface area (Å²) < 4.78 is 5.58. The average molecular weight is 439 g/mol. The van der Waals surface area contributed by atoms with Gasteiger partial charge in [0, 0.05) is 12.2 Å². The number of amides is 2. The number of rotatable bonds is 5. The summed E-state index contributed by atoms with van der Waals surface area (Å²) in [5, 5.41) is 0. The van der Waals surface area contributed by atoms with Crippen LogP contribution in [0, 0.1) is 6.92 Å². The third kappa shape index (κ3) is 3.59. The highest BCUT2D eigenvalue weighted by Crippen LogP contribution is 2.40. The highest BCUT2D eigenvalue weighted by atomic mass is 16.5. The number of imide groups is 1. The second-order valence-corrected chi connectivity index (χ2v) is 8.30. The third-order valence-electron chi connectivity index (χ3n) is 6.25. The van der Waals surface area contributed by atoms with Crippen molar-refractivity contribution in [2.75, 3.05) is 23.0 Å². The molecule has 0 spiro atoms. The van der Waals surface area contributed by atoms with Gasteiger partial charge in [0.15, 0.2) is 0 Å². The molecule has 2 heterocycles. The fraction of sp³-hybridized carbons (Fsp3) is 0.214. The highest BCUT2D eigenvalue weighted by molar-refractivity contribution is 6.46. The molecule has 0 saturated heterocycles. The molecule has 0 radical (unpaired) electrons. The number of aryl methyl sites for hydroxylation is 2. The number of fused-ring (bicyclic) bond motifs is 1. The van der Waals surface area contributed by atoms with Gasteiger partial charge in [-0.25, -0.2) is 4.90 Å². The molecule has 3 aromatic rings. The van der Waals surface area contributed by atoms with Crippen LogP contribution in [0.5, 0.6) is 5.75 Å². The summed E-state index contributed by atoms with van der Waals surface area (Å²) in [6.07, 6.45) is 1.88. The molecule has 5 heteroatoms. The molecule has 166 valence electrons. The Morgan fingerprint density at radius 2 is 1.55 bits per heavy atom. The summed E-state index contributed by atoms with van der Waals surface area (Å²) in [5.74, 6) is 0.158. The van der Waals surface area contributed by atoms with Crippen LogP contribution in [-0.4, -0.2) is 25.0 Å². The Bertz CT molecular complexity index is 1260. The Balaban J connectivity index is 1.68. The molecule has 3 aromatic carbocycles. The van der Waals surface area contributed by atoms with Gasteiger partial charge in [-0.15, -0.1) is 0 Å². The summed E-state index contributed by atoms with van der Waals surface area (Å²) in [6.45, 7) is 5.10. The number of para-hydroxylation sites is 2. The van der Waals surface area contributed by atoms with Crippen LogP contribution in [0.2, 0.25) is 0 Å². The van der Waals surface area contributed by atoms with Crippen molar-refractivity contribution in [3.63, 3.8) is 0 Å². The summed E-state index contributed by atoms with van der Waals surface area (Å²) in [6, 6.07) is 23.1. The minimum absolute atomic E-state index is 0.283. The molecule has 0 unspecified atom stereocenters. The van der Waals surface area contributed by atoms with E-state index in [0.717, 1.165) is 29.8 Å². The number of anilines is 2. The van der Waals surface area contributed by atoms with Crippen molar-refractivity contribution in [1.29, 1.82) is 0 Å². The van der Waals surface area contributed by atoms with Crippen LogP contribution in [0.4, 0.5) is 11.4 Å². The molecule has 0 aromatic heterocycles. The predicted molar refractivity (Wildman–Crippen MR) is 130 cm³/mol. The van der Waals surface area contributed by atoms with Gasteiger partial charge in [0.05, 0.1) is 17.9 Å². The largest absolute Gasteiger partial charge is 0.494 e. The minimum Gasteiger partial charge on any atom is -0.494 e. The van der Waals surface area contributed by atoms with E-state index in [-0.39, 0.29) is 11.8 Å². The van der Waals surface area contributed by atoms with Crippen molar-refractivity contribution in [2.24, 2.45) is 0 Å². The van der Waals surface area contributed by atoms with Crippen molar-refractivity contribution in [1.82, 2.24) is 0 Å². The first-order valence-corrected chi connectivity index (χ1v) is 11.4. The zero-order chi connectivity index (χ0) is 22.9. The Morgan fingerprint density at radius 1 is 0.848 bits per heavy atom. The Labute approximate surface area is 193 Å². The normalized spacial score (nSPS) is 15.8. The third-order valence-corrected chi connectivity index (χ3v) is 6.25. The molecular formula is C28H26N2O3. The smallest absolute Gasteiger partial charge is 0.282 e. The molecule has 0 N–H and O–H groups in total. The van der Waals surface area contributed by atoms with Crippen LogP contribution in [0.3, 0.4) is 0 Å². The van der Waals surface area contributed by atoms with Gasteiger partial charge in [-0.05, 0) is 67.6 Å². The molecule has 0 bridgehead atoms. The van der Waals surface area contributed by atoms with E-state index in [4.69, 9.17) is 4.74 Å². The second-order valence-electron chi connectivity index (χ2n) is 8.30. The van der Waals surface area contributed by atoms with Crippen molar-refractivity contribution < 1.29 is 14.3 Å². The van der Waals surface area contributed by atoms with E-state index in [1.165, 1.54) is 10.5 Å². The van der Waals surface area contributed by atoms with Crippen molar-refractivity contribution in [2.45, 2.75) is 26.7 Å². The lowest BCUT2D eigenvalue weighted by Crippen LogP contribution is -2.37. The van der Waals surface area contributed by atoms with Gasteiger partial charge >= 0.3 is 0 Å². The fourth-order valence-electron chi connectivity index (χ4n) is 4.71. The lowest BCUT2D eigenvalue weighted by atomic mass is 9.98. The van der Waals surface area contributed by atoms with Gasteiger partial charge < -0.3 is 9.64 Å². The van der Waals surface area contributed by atoms with E-state index in [0.29, 0.717) is 35.7 Å². The molecule has 0 atom stereocenters. The molecular weight excluding hydrogens is 412 g/mol. The van der Waals surface area contributed by atoms with Gasteiger partial charge in [0.2, 0.25) is 0 Å². The zero-order valence-corrected chi connectivity index (χ0v) is 18.9. The predicted octanol–water partition coefficient (Wildman–Crippen LogP) is 5.13. The van der Waals surface area contributed by atoms with Crippen LogP contribution < -0.4 is 14.5 Å². The van der Waals surface area contributed by atoms with Gasteiger partial charge in [0.25, 0.3) is 11.8 Å². The van der Waals surface area contributed by atoms with Gasteiger partial charge in [-0.3, -0.25) is 9.59 Å². The lowest BCUT2D eigenvalue weighted by Gasteiger charge is -2.32. The summed E-state index contributed by atoms with van der Waals surface area (Å²) in [7, 11) is 0. The number of hydrogen-bond acceptors (Lipinski definition) is 4. The van der Waals surface area contributed by atoms with E-state index in [1.807, 2.05) is 85.5 Å². The van der Waals surface area contributed by atoms with E-state index >= 15 is 0 Å². The maximum absolute atomic E-state index is 13.9. The van der Waals surface area contributed by atoms with Crippen LogP contribution in [-0.2, 0) is 16.0 Å². The summed E-state index contributed by atoms with van der Waals surface area (Å²) in [4.78, 5) is 31.1. The van der Waals surface area contributed by atoms with E-state index in [9.17, 15) is 9.59 Å². The molecule has 0 aliphatic carbocycles. The molecule has 2 amide bonds. The molecule has 0 saturated carbocycles. The molecule has 33 heavy (non-hydrogen) atoms. The lowest BCUT2D eigenvalue weighted by molar-refractivity contribution is -0.120. The maximum Gasteiger partial charge on any atom is 0.282 e. The van der Waals surface area contributed by atoms with Crippen LogP contribution in [0.1, 0.15) is 30.0 Å². The maximum atomic E-state index is 13.9. The molecule has 2 aliphatic heterocycles. The van der Waals surface area contributed by atoms with Gasteiger partial charge in [-0.1, -0.05) is 48.5 Å². The SMILES string of the molecule is CCOc1ccc(C2=C(N3CCCc4ccccc43)C(=O)N(c3ccccc3C)C2=O)cc1. The standard InChI is InChI=1S/C28H26N2O3/c1-3-33-22-16-14-21(15-17-22)25-26(29-18-8-11-20-10-5-7-13-24(20)29)28(32)30(27(25)31)23-12-6-4-9-19(23)2/h4-7,9-10,12-17H,3,8,11,18H2,1-2H3. The van der Waals surface area contributed by atoms with Crippen LogP contribution in [0.25, 0.3) is 5.57 Å². The van der Waals surface area contributed by atoms with E-state index < -0.39 is 0 Å². The van der Waals surface area contributed by atoms with Gasteiger partial charge in [-0.2, -0.15) is 0 Å². The highest BCUT2D eigenvalue weighted by Gasteiger charge is 2.44. The first kappa shape index (κ1) is 21.0. The number of ether oxygens (including phenoxy) is 1. The minimum atomic E-state index is -0.295. The summed E-state index contributed by atoms with van der Waals surface area (Å²) in [5.41, 5.74) is 5.28. The molecule has 5 rings (SSSR count). The second kappa shape index (κ2) is 8.58. The van der Waals surface area contributed by atoms with Gasteiger partial charge in [0.1, 0.15) is 11.4 Å². The fourth-order valence-corrected chi connectivity index (χ4v) is 4.71. The Kier molecular flexibility index (Phi) is 5.47. The van der Waals surface area contributed by atoms with Crippen molar-refractivity contribution >= 4 is 28.8 Å². The number of benzene rings is 3. The molecule has 2 aliphatic rings. The molecule has 5 nitrogen and oxygen atoms in total. The zero-order valence-electron chi connectivity index (χ0n) is 18.9. The van der Waals surface area contributed by atoms with Crippen LogP contribution >= 0.6 is 0 Å². The van der Waals surface area contributed by atoms with E-state index in [1.54, 1.807) is 0 Å². The first-order valence-electron chi connectivity index (χ1n) is 11.4. The number of hydrogen-bond donors (Lipinski definition) is 0. The topological polar surface area (TPSA) is 49.9 Å². The van der Waals surface area contributed by atoms with Crippen molar-refractivity contribution in [3.8, 4) is 5.75 Å². The van der Waals surface area contributed by atoms with E-state index in [2.05, 4.69) is 6.07 Å². The quantitative estimate of drug-likeness (QED) is 0.518. The number of carbonyl (C=O) groups excluding carboxylic acids is 2. The average Bonchev–Trinajstić information content (AvgIpc) is 3.09. The number of carbonyl (C=O) groups is 2. The monoisotopic (exact) mass is 438 g/mol. The summed E-state index contributed by atoms with van der Waals surface area (Å²) >= 11 is 0. The molecule has 0 fully saturated rings. The van der Waals surface area contributed by atoms with Crippen LogP contribution in [0.15, 0.2) is 78.5 Å². The Morgan fingerprint density at radius 3 is 2.27 bits per heavy atom. The van der Waals surface area contributed by atoms with Crippen molar-refractivity contribution in [3.05, 3.63) is 95.2 Å². The number of nitrogens with zero attached hydrogens (tertiary/aromatic N) is 2. The first-order chi connectivity index (χ1) is 16.1. The Hall–Kier alpha value is -3.86.